The highest BCUT2D eigenvalue weighted by Crippen LogP contribution is 2.34. The number of carbonyl (C=O) groups excluding carboxylic acids is 2. The number of nitrogens with two attached hydrogens (primary N) is 1. The second-order valence-corrected chi connectivity index (χ2v) is 10.1. The van der Waals surface area contributed by atoms with Crippen LogP contribution in [0, 0.1) is 11.8 Å². The van der Waals surface area contributed by atoms with E-state index in [1.54, 1.807) is 23.7 Å². The Balaban J connectivity index is 1.53. The highest BCUT2D eigenvalue weighted by Gasteiger charge is 2.38. The third-order valence-corrected chi connectivity index (χ3v) is 7.65. The number of anilines is 1. The maximum Gasteiger partial charge on any atom is 0.255 e. The van der Waals surface area contributed by atoms with E-state index >= 15 is 0 Å². The third kappa shape index (κ3) is 4.31. The fraction of sp³-hybridized carbons (Fsp3) is 0.407. The molecule has 3 aromatic rings. The average molecular weight is 536 g/mol. The number of ether oxygens (including phenoxy) is 1. The summed E-state index contributed by atoms with van der Waals surface area (Å²) < 4.78 is 9.24. The topological polar surface area (TPSA) is 120 Å². The highest BCUT2D eigenvalue weighted by molar-refractivity contribution is 6.32. The summed E-state index contributed by atoms with van der Waals surface area (Å²) in [6, 6.07) is 3.77. The minimum Gasteiger partial charge on any atom is -0.383 e. The van der Waals surface area contributed by atoms with Crippen molar-refractivity contribution < 1.29 is 14.3 Å². The summed E-state index contributed by atoms with van der Waals surface area (Å²) in [5, 5.41) is 8.21. The summed E-state index contributed by atoms with van der Waals surface area (Å²) in [4.78, 5) is 31.4. The molecule has 2 aliphatic rings. The predicted octanol–water partition coefficient (Wildman–Crippen LogP) is 2.91. The molecule has 5 rings (SSSR count). The average Bonchev–Trinajstić information content (AvgIpc) is 3.64. The number of imidazole rings is 1. The van der Waals surface area contributed by atoms with Crippen molar-refractivity contribution >= 4 is 40.3 Å². The first-order valence-corrected chi connectivity index (χ1v) is 12.9. The molecule has 0 saturated carbocycles. The number of likely N-dealkylation sites (tertiary alicyclic amines) is 1. The van der Waals surface area contributed by atoms with Crippen LogP contribution >= 0.6 is 11.6 Å². The first kappa shape index (κ1) is 25.8. The van der Waals surface area contributed by atoms with E-state index in [1.165, 1.54) is 6.08 Å². The lowest BCUT2D eigenvalue weighted by atomic mass is 10.1. The number of nitrogens with one attached hydrogen (secondary N) is 1. The van der Waals surface area contributed by atoms with E-state index < -0.39 is 5.91 Å². The van der Waals surface area contributed by atoms with Gasteiger partial charge in [0.1, 0.15) is 17.2 Å². The van der Waals surface area contributed by atoms with Gasteiger partial charge in [-0.05, 0) is 43.9 Å². The normalized spacial score (nSPS) is 20.3. The molecule has 2 aliphatic heterocycles. The quantitative estimate of drug-likeness (QED) is 0.370. The van der Waals surface area contributed by atoms with Crippen LogP contribution in [-0.2, 0) is 16.0 Å². The van der Waals surface area contributed by atoms with E-state index in [1.807, 2.05) is 12.1 Å². The number of nitrogens with zero attached hydrogens (tertiary/aromatic N) is 5. The standard InChI is InChI=1S/C27H30ClN7O3/c1-5-24(36)33-13-17(11-18(33)14-38-4)35-27(30-3)25(26(29)37)20(32-35)8-7-16-10-21-22(12-19(16)28)34-15(2)6-9-23(34)31-21/h5,10,12,15,17-18,30H,1,6,9,11,13-14H2,2-4H3,(H2,29,37)/t15-,17+,18-/m1/s1. The number of hydrogen-bond acceptors (Lipinski definition) is 6. The molecule has 3 N–H and O–H groups in total. The van der Waals surface area contributed by atoms with Gasteiger partial charge in [0.25, 0.3) is 5.91 Å². The van der Waals surface area contributed by atoms with Crippen molar-refractivity contribution in [3.8, 4) is 11.8 Å². The van der Waals surface area contributed by atoms with Crippen molar-refractivity contribution in [2.45, 2.75) is 44.3 Å². The number of hydrogen-bond donors (Lipinski definition) is 2. The van der Waals surface area contributed by atoms with Crippen molar-refractivity contribution in [1.29, 1.82) is 0 Å². The van der Waals surface area contributed by atoms with Crippen LogP contribution in [0.25, 0.3) is 11.0 Å². The molecule has 0 aliphatic carbocycles. The molecule has 10 nitrogen and oxygen atoms in total. The summed E-state index contributed by atoms with van der Waals surface area (Å²) >= 11 is 6.62. The molecule has 3 atom stereocenters. The number of primary amides is 1. The largest absolute Gasteiger partial charge is 0.383 e. The minimum atomic E-state index is -0.656. The molecule has 1 saturated heterocycles. The van der Waals surface area contributed by atoms with E-state index in [0.29, 0.717) is 42.0 Å². The maximum atomic E-state index is 12.5. The van der Waals surface area contributed by atoms with E-state index in [2.05, 4.69) is 40.3 Å². The van der Waals surface area contributed by atoms with Gasteiger partial charge in [0, 0.05) is 38.7 Å². The second kappa shape index (κ2) is 10.2. The Morgan fingerprint density at radius 2 is 2.16 bits per heavy atom. The molecule has 2 aromatic heterocycles. The first-order chi connectivity index (χ1) is 18.3. The number of rotatable bonds is 6. The lowest BCUT2D eigenvalue weighted by molar-refractivity contribution is -0.127. The molecule has 11 heteroatoms. The van der Waals surface area contributed by atoms with Crippen LogP contribution in [0.15, 0.2) is 24.8 Å². The Morgan fingerprint density at radius 1 is 1.37 bits per heavy atom. The Morgan fingerprint density at radius 3 is 2.84 bits per heavy atom. The van der Waals surface area contributed by atoms with E-state index in [9.17, 15) is 9.59 Å². The molecule has 0 spiro atoms. The summed E-state index contributed by atoms with van der Waals surface area (Å²) in [6.07, 6.45) is 3.87. The first-order valence-electron chi connectivity index (χ1n) is 12.5. The molecule has 0 unspecified atom stereocenters. The van der Waals surface area contributed by atoms with Gasteiger partial charge in [-0.1, -0.05) is 24.1 Å². The van der Waals surface area contributed by atoms with Crippen LogP contribution in [0.1, 0.15) is 59.3 Å². The summed E-state index contributed by atoms with van der Waals surface area (Å²) in [6.45, 7) is 6.54. The number of aromatic nitrogens is 4. The lowest BCUT2D eigenvalue weighted by Gasteiger charge is -2.22. The van der Waals surface area contributed by atoms with Gasteiger partial charge in [-0.2, -0.15) is 5.10 Å². The monoisotopic (exact) mass is 535 g/mol. The Kier molecular flexibility index (Phi) is 6.90. The van der Waals surface area contributed by atoms with E-state index in [0.717, 1.165) is 29.7 Å². The van der Waals surface area contributed by atoms with Gasteiger partial charge < -0.3 is 25.3 Å². The smallest absolute Gasteiger partial charge is 0.255 e. The van der Waals surface area contributed by atoms with Crippen molar-refractivity contribution in [3.05, 3.63) is 52.5 Å². The highest BCUT2D eigenvalue weighted by atomic mass is 35.5. The van der Waals surface area contributed by atoms with Gasteiger partial charge in [0.05, 0.1) is 34.7 Å². The van der Waals surface area contributed by atoms with Gasteiger partial charge in [0.15, 0.2) is 5.69 Å². The summed E-state index contributed by atoms with van der Waals surface area (Å²) in [5.74, 6) is 6.73. The van der Waals surface area contributed by atoms with Crippen LogP contribution in [-0.4, -0.2) is 69.4 Å². The number of fused-ring (bicyclic) bond motifs is 3. The van der Waals surface area contributed by atoms with Crippen LogP contribution < -0.4 is 11.1 Å². The molecule has 1 aromatic carbocycles. The predicted molar refractivity (Wildman–Crippen MR) is 145 cm³/mol. The Bertz CT molecular complexity index is 1510. The molecule has 38 heavy (non-hydrogen) atoms. The second-order valence-electron chi connectivity index (χ2n) is 9.68. The molecule has 0 bridgehead atoms. The fourth-order valence-corrected chi connectivity index (χ4v) is 5.79. The van der Waals surface area contributed by atoms with Crippen molar-refractivity contribution in [1.82, 2.24) is 24.2 Å². The molecular formula is C27H30ClN7O3. The number of methoxy groups -OCH3 is 1. The number of halogens is 1. The van der Waals surface area contributed by atoms with Gasteiger partial charge in [-0.15, -0.1) is 0 Å². The zero-order chi connectivity index (χ0) is 27.1. The van der Waals surface area contributed by atoms with Crippen molar-refractivity contribution in [2.24, 2.45) is 5.73 Å². The van der Waals surface area contributed by atoms with Crippen LogP contribution in [0.2, 0.25) is 5.02 Å². The Hall–Kier alpha value is -3.81. The van der Waals surface area contributed by atoms with E-state index in [4.69, 9.17) is 27.1 Å². The molecular weight excluding hydrogens is 506 g/mol. The number of amides is 2. The molecule has 4 heterocycles. The zero-order valence-electron chi connectivity index (χ0n) is 21.6. The number of aryl methyl sites for hydroxylation is 1. The third-order valence-electron chi connectivity index (χ3n) is 7.34. The Labute approximate surface area is 225 Å². The SMILES string of the molecule is C=CC(=O)N1C[C@@H](n2nc(C#Cc3cc4nc5n(c4cc3Cl)[C@H](C)CC5)c(C(N)=O)c2NC)C[C@@H]1COC. The van der Waals surface area contributed by atoms with Crippen LogP contribution in [0.4, 0.5) is 5.82 Å². The van der Waals surface area contributed by atoms with Gasteiger partial charge in [-0.3, -0.25) is 9.59 Å². The molecule has 2 amide bonds. The van der Waals surface area contributed by atoms with E-state index in [-0.39, 0.29) is 29.2 Å². The van der Waals surface area contributed by atoms with Gasteiger partial charge in [0.2, 0.25) is 5.91 Å². The molecule has 198 valence electrons. The summed E-state index contributed by atoms with van der Waals surface area (Å²) in [7, 11) is 3.28. The van der Waals surface area contributed by atoms with Gasteiger partial charge in [-0.25, -0.2) is 9.67 Å². The fourth-order valence-electron chi connectivity index (χ4n) is 5.59. The van der Waals surface area contributed by atoms with Crippen LogP contribution in [0.5, 0.6) is 0 Å². The van der Waals surface area contributed by atoms with Gasteiger partial charge >= 0.3 is 0 Å². The minimum absolute atomic E-state index is 0.152. The number of benzene rings is 1. The van der Waals surface area contributed by atoms with Crippen molar-refractivity contribution in [2.75, 3.05) is 32.6 Å². The van der Waals surface area contributed by atoms with Crippen molar-refractivity contribution in [3.63, 3.8) is 0 Å². The molecule has 1 fully saturated rings. The lowest BCUT2D eigenvalue weighted by Crippen LogP contribution is -2.37. The zero-order valence-corrected chi connectivity index (χ0v) is 22.4. The summed E-state index contributed by atoms with van der Waals surface area (Å²) in [5.41, 5.74) is 8.59. The maximum absolute atomic E-state index is 12.5. The van der Waals surface area contributed by atoms with Crippen LogP contribution in [0.3, 0.4) is 0 Å². The number of carbonyl (C=O) groups is 2. The molecule has 0 radical (unpaired) electrons.